The molecule has 0 spiro atoms. The van der Waals surface area contributed by atoms with Gasteiger partial charge in [0, 0.05) is 9.92 Å². The zero-order valence-electron chi connectivity index (χ0n) is 9.40. The average molecular weight is 284 g/mol. The molecule has 0 fully saturated rings. The Morgan fingerprint density at radius 1 is 1.22 bits per heavy atom. The molecule has 0 radical (unpaired) electrons. The third-order valence-corrected chi connectivity index (χ3v) is 4.03. The summed E-state index contributed by atoms with van der Waals surface area (Å²) in [6.07, 6.45) is 0. The molecule has 5 heteroatoms. The van der Waals surface area contributed by atoms with Crippen molar-refractivity contribution in [3.05, 3.63) is 58.9 Å². The molecule has 0 aliphatic rings. The molecule has 0 saturated heterocycles. The standard InChI is InChI=1S/C13H11ClFNOS/c14-10-2-1-3-11(7-10)18(17)8-9-4-5-13(16)12(15)6-9/h1-7H,8,16H2. The van der Waals surface area contributed by atoms with Crippen LogP contribution < -0.4 is 5.73 Å². The topological polar surface area (TPSA) is 43.1 Å². The molecule has 2 aromatic rings. The van der Waals surface area contributed by atoms with Crippen LogP contribution in [0.4, 0.5) is 10.1 Å². The van der Waals surface area contributed by atoms with Crippen molar-refractivity contribution in [3.63, 3.8) is 0 Å². The van der Waals surface area contributed by atoms with Gasteiger partial charge in [0.1, 0.15) is 5.82 Å². The van der Waals surface area contributed by atoms with Gasteiger partial charge in [0.2, 0.25) is 0 Å². The van der Waals surface area contributed by atoms with Crippen LogP contribution in [-0.4, -0.2) is 4.21 Å². The largest absolute Gasteiger partial charge is 0.396 e. The van der Waals surface area contributed by atoms with Crippen LogP contribution in [0.2, 0.25) is 5.02 Å². The maximum absolute atomic E-state index is 13.3. The first-order valence-electron chi connectivity index (χ1n) is 5.24. The van der Waals surface area contributed by atoms with Crippen LogP contribution in [0.3, 0.4) is 0 Å². The molecule has 1 unspecified atom stereocenters. The molecule has 2 N–H and O–H groups in total. The lowest BCUT2D eigenvalue weighted by atomic mass is 10.2. The highest BCUT2D eigenvalue weighted by molar-refractivity contribution is 7.84. The molecule has 0 aliphatic heterocycles. The number of nitrogen functional groups attached to an aromatic ring is 1. The van der Waals surface area contributed by atoms with Crippen molar-refractivity contribution in [3.8, 4) is 0 Å². The number of halogens is 2. The monoisotopic (exact) mass is 283 g/mol. The fourth-order valence-corrected chi connectivity index (χ4v) is 2.90. The minimum Gasteiger partial charge on any atom is -0.396 e. The number of hydrogen-bond acceptors (Lipinski definition) is 2. The lowest BCUT2D eigenvalue weighted by Crippen LogP contribution is -1.98. The minimum atomic E-state index is -1.25. The summed E-state index contributed by atoms with van der Waals surface area (Å²) in [4.78, 5) is 0.625. The zero-order valence-corrected chi connectivity index (χ0v) is 11.0. The number of hydrogen-bond donors (Lipinski definition) is 1. The van der Waals surface area contributed by atoms with E-state index in [1.165, 1.54) is 12.1 Å². The zero-order chi connectivity index (χ0) is 13.1. The first-order valence-corrected chi connectivity index (χ1v) is 6.94. The summed E-state index contributed by atoms with van der Waals surface area (Å²) in [7, 11) is -1.25. The van der Waals surface area contributed by atoms with E-state index >= 15 is 0 Å². The second-order valence-corrected chi connectivity index (χ2v) is 5.69. The van der Waals surface area contributed by atoms with Gasteiger partial charge in [0.15, 0.2) is 0 Å². The quantitative estimate of drug-likeness (QED) is 0.878. The van der Waals surface area contributed by atoms with Gasteiger partial charge in [-0.1, -0.05) is 23.7 Å². The van der Waals surface area contributed by atoms with Gasteiger partial charge in [0.25, 0.3) is 0 Å². The SMILES string of the molecule is Nc1ccc(CS(=O)c2cccc(Cl)c2)cc1F. The summed E-state index contributed by atoms with van der Waals surface area (Å²) < 4.78 is 25.3. The molecular formula is C13H11ClFNOS. The number of anilines is 1. The maximum atomic E-state index is 13.3. The molecule has 2 rings (SSSR count). The highest BCUT2D eigenvalue weighted by Gasteiger charge is 2.07. The molecule has 0 heterocycles. The molecule has 94 valence electrons. The van der Waals surface area contributed by atoms with Crippen molar-refractivity contribution in [1.82, 2.24) is 0 Å². The van der Waals surface area contributed by atoms with Crippen LogP contribution in [0, 0.1) is 5.82 Å². The summed E-state index contributed by atoms with van der Waals surface area (Å²) >= 11 is 5.83. The van der Waals surface area contributed by atoms with Gasteiger partial charge in [-0.05, 0) is 35.9 Å². The van der Waals surface area contributed by atoms with E-state index < -0.39 is 16.6 Å². The van der Waals surface area contributed by atoms with E-state index in [2.05, 4.69) is 0 Å². The lowest BCUT2D eigenvalue weighted by Gasteiger charge is -2.04. The Labute approximate surface area is 112 Å². The Bertz CT molecular complexity index is 603. The number of rotatable bonds is 3. The van der Waals surface area contributed by atoms with Crippen molar-refractivity contribution >= 4 is 28.1 Å². The second kappa shape index (κ2) is 5.50. The molecule has 0 saturated carbocycles. The number of nitrogens with two attached hydrogens (primary N) is 1. The normalized spacial score (nSPS) is 12.3. The van der Waals surface area contributed by atoms with Crippen molar-refractivity contribution < 1.29 is 8.60 Å². The van der Waals surface area contributed by atoms with E-state index in [0.717, 1.165) is 0 Å². The Kier molecular flexibility index (Phi) is 3.99. The third-order valence-electron chi connectivity index (χ3n) is 2.42. The van der Waals surface area contributed by atoms with Crippen LogP contribution in [0.1, 0.15) is 5.56 Å². The van der Waals surface area contributed by atoms with Gasteiger partial charge >= 0.3 is 0 Å². The molecule has 0 aliphatic carbocycles. The maximum Gasteiger partial charge on any atom is 0.146 e. The van der Waals surface area contributed by atoms with Crippen LogP contribution in [0.25, 0.3) is 0 Å². The van der Waals surface area contributed by atoms with Crippen LogP contribution >= 0.6 is 11.6 Å². The van der Waals surface area contributed by atoms with E-state index in [9.17, 15) is 8.60 Å². The first kappa shape index (κ1) is 13.1. The van der Waals surface area contributed by atoms with Gasteiger partial charge < -0.3 is 5.73 Å². The van der Waals surface area contributed by atoms with Gasteiger partial charge in [-0.3, -0.25) is 4.21 Å². The Morgan fingerprint density at radius 3 is 2.67 bits per heavy atom. The Hall–Kier alpha value is -1.39. The molecule has 1 atom stereocenters. The lowest BCUT2D eigenvalue weighted by molar-refractivity contribution is 0.631. The van der Waals surface area contributed by atoms with Crippen LogP contribution in [0.5, 0.6) is 0 Å². The fourth-order valence-electron chi connectivity index (χ4n) is 1.50. The minimum absolute atomic E-state index is 0.0901. The smallest absolute Gasteiger partial charge is 0.146 e. The van der Waals surface area contributed by atoms with Crippen molar-refractivity contribution in [1.29, 1.82) is 0 Å². The molecule has 0 amide bonds. The molecule has 18 heavy (non-hydrogen) atoms. The van der Waals surface area contributed by atoms with Gasteiger partial charge in [0.05, 0.1) is 22.2 Å². The van der Waals surface area contributed by atoms with Crippen molar-refractivity contribution in [2.45, 2.75) is 10.6 Å². The fraction of sp³-hybridized carbons (Fsp3) is 0.0769. The van der Waals surface area contributed by atoms with E-state index in [1.54, 1.807) is 30.3 Å². The first-order chi connectivity index (χ1) is 8.56. The van der Waals surface area contributed by atoms with E-state index in [0.29, 0.717) is 15.5 Å². The number of benzene rings is 2. The van der Waals surface area contributed by atoms with Gasteiger partial charge in [-0.25, -0.2) is 4.39 Å². The third kappa shape index (κ3) is 3.09. The van der Waals surface area contributed by atoms with Crippen molar-refractivity contribution in [2.75, 3.05) is 5.73 Å². The Balaban J connectivity index is 2.18. The molecule has 0 bridgehead atoms. The second-order valence-electron chi connectivity index (χ2n) is 3.80. The molecule has 0 aromatic heterocycles. The van der Waals surface area contributed by atoms with E-state index in [1.807, 2.05) is 0 Å². The molecule has 2 aromatic carbocycles. The highest BCUT2D eigenvalue weighted by Crippen LogP contribution is 2.18. The summed E-state index contributed by atoms with van der Waals surface area (Å²) in [5, 5.41) is 0.532. The molecular weight excluding hydrogens is 273 g/mol. The van der Waals surface area contributed by atoms with Gasteiger partial charge in [-0.15, -0.1) is 0 Å². The summed E-state index contributed by atoms with van der Waals surface area (Å²) in [5.74, 6) is -0.257. The van der Waals surface area contributed by atoms with Gasteiger partial charge in [-0.2, -0.15) is 0 Å². The van der Waals surface area contributed by atoms with Crippen LogP contribution in [0.15, 0.2) is 47.4 Å². The summed E-state index contributed by atoms with van der Waals surface area (Å²) in [6.45, 7) is 0. The summed E-state index contributed by atoms with van der Waals surface area (Å²) in [5.41, 5.74) is 6.11. The average Bonchev–Trinajstić information content (AvgIpc) is 2.34. The molecule has 2 nitrogen and oxygen atoms in total. The van der Waals surface area contributed by atoms with E-state index in [4.69, 9.17) is 17.3 Å². The van der Waals surface area contributed by atoms with Crippen LogP contribution in [-0.2, 0) is 16.6 Å². The van der Waals surface area contributed by atoms with Crippen molar-refractivity contribution in [2.24, 2.45) is 0 Å². The highest BCUT2D eigenvalue weighted by atomic mass is 35.5. The predicted molar refractivity (Wildman–Crippen MR) is 72.4 cm³/mol. The predicted octanol–water partition coefficient (Wildman–Crippen LogP) is 3.37. The summed E-state index contributed by atoms with van der Waals surface area (Å²) in [6, 6.07) is 11.3. The Morgan fingerprint density at radius 2 is 2.00 bits per heavy atom. The van der Waals surface area contributed by atoms with E-state index in [-0.39, 0.29) is 11.4 Å².